The highest BCUT2D eigenvalue weighted by atomic mass is 28.4. The van der Waals surface area contributed by atoms with Crippen LogP contribution < -0.4 is 42.8 Å². The number of hydrogen-bond donors (Lipinski definition) is 10. The number of amides is 5. The fourth-order valence-corrected chi connectivity index (χ4v) is 11.0. The van der Waals surface area contributed by atoms with Crippen LogP contribution in [-0.2, 0) is 48.8 Å². The summed E-state index contributed by atoms with van der Waals surface area (Å²) in [4.78, 5) is 88.3. The molecule has 3 rings (SSSR count). The second-order valence-electron chi connectivity index (χ2n) is 26.0. The van der Waals surface area contributed by atoms with Gasteiger partial charge in [-0.2, -0.15) is 0 Å². The average Bonchev–Trinajstić information content (AvgIpc) is 3.67. The van der Waals surface area contributed by atoms with Gasteiger partial charge in [0.15, 0.2) is 28.8 Å². The normalized spacial score (nSPS) is 20.3. The Balaban J connectivity index is 1.99. The molecule has 5 amide bonds. The van der Waals surface area contributed by atoms with Crippen LogP contribution in [0.4, 0.5) is 4.79 Å². The Kier molecular flexibility index (Phi) is 25.9. The molecule has 26 heteroatoms. The van der Waals surface area contributed by atoms with Crippen molar-refractivity contribution in [3.05, 3.63) is 42.1 Å². The molecule has 0 saturated carbocycles. The van der Waals surface area contributed by atoms with Crippen molar-refractivity contribution in [2.45, 2.75) is 219 Å². The molecule has 0 radical (unpaired) electrons. The smallest absolute Gasteiger partial charge is 0.326 e. The van der Waals surface area contributed by atoms with E-state index in [9.17, 15) is 44.1 Å². The van der Waals surface area contributed by atoms with Crippen molar-refractivity contribution < 1.29 is 67.1 Å². The van der Waals surface area contributed by atoms with Gasteiger partial charge in [-0.3, -0.25) is 24.2 Å². The fourth-order valence-electron chi connectivity index (χ4n) is 8.46. The van der Waals surface area contributed by atoms with Crippen LogP contribution >= 0.6 is 0 Å². The largest absolute Gasteiger partial charge is 0.497 e. The molecule has 0 aliphatic carbocycles. The van der Waals surface area contributed by atoms with Crippen LogP contribution in [0.3, 0.4) is 0 Å². The van der Waals surface area contributed by atoms with Gasteiger partial charge in [-0.15, -0.1) is 0 Å². The number of carboxylic acids is 1. The second-order valence-corrected chi connectivity index (χ2v) is 35.5. The maximum atomic E-state index is 14.4. The van der Waals surface area contributed by atoms with E-state index in [4.69, 9.17) is 34.5 Å². The lowest BCUT2D eigenvalue weighted by Gasteiger charge is -2.45. The van der Waals surface area contributed by atoms with Crippen LogP contribution in [0.25, 0.3) is 0 Å². The third-order valence-corrected chi connectivity index (χ3v) is 24.3. The molecule has 0 aromatic heterocycles. The van der Waals surface area contributed by atoms with Gasteiger partial charge in [-0.1, -0.05) is 81.4 Å². The summed E-state index contributed by atoms with van der Waals surface area (Å²) in [5.74, 6) is -4.40. The number of aliphatic hydroxyl groups is 2. The molecular weight excluding hydrogens is 1090 g/mol. The fraction of sp³-hybridized carbons (Fsp3) is 0.732. The van der Waals surface area contributed by atoms with Crippen molar-refractivity contribution in [3.8, 4) is 5.75 Å². The van der Waals surface area contributed by atoms with E-state index in [1.54, 1.807) is 66.7 Å². The van der Waals surface area contributed by atoms with E-state index in [2.05, 4.69) is 99.3 Å². The zero-order valence-corrected chi connectivity index (χ0v) is 53.9. The van der Waals surface area contributed by atoms with Gasteiger partial charge in [-0.05, 0) is 112 Å². The van der Waals surface area contributed by atoms with Gasteiger partial charge in [0.05, 0.1) is 19.9 Å². The highest BCUT2D eigenvalue weighted by Gasteiger charge is 2.58. The lowest BCUT2D eigenvalue weighted by molar-refractivity contribution is -0.168. The molecule has 82 heavy (non-hydrogen) atoms. The molecule has 1 aromatic rings. The van der Waals surface area contributed by atoms with Gasteiger partial charge in [-0.25, -0.2) is 9.59 Å². The highest BCUT2D eigenvalue weighted by Crippen LogP contribution is 2.45. The number of hydrogen-bond acceptors (Lipinski definition) is 16. The maximum Gasteiger partial charge on any atom is 0.326 e. The Hall–Kier alpha value is -5.36. The van der Waals surface area contributed by atoms with E-state index in [0.29, 0.717) is 5.75 Å². The van der Waals surface area contributed by atoms with Gasteiger partial charge in [0.25, 0.3) is 0 Å². The monoisotopic (exact) mass is 1190 g/mol. The number of esters is 1. The summed E-state index contributed by atoms with van der Waals surface area (Å²) in [6, 6.07) is 0.976. The number of benzene rings is 1. The van der Waals surface area contributed by atoms with Crippen LogP contribution in [0.2, 0.25) is 36.3 Å². The average molecular weight is 1190 g/mol. The molecule has 1 saturated heterocycles. The number of carbonyl (C=O) groups is 6. The number of aliphatic hydroxyl groups excluding tert-OH is 2. The van der Waals surface area contributed by atoms with Gasteiger partial charge in [0, 0.05) is 31.9 Å². The van der Waals surface area contributed by atoms with Gasteiger partial charge < -0.3 is 86.2 Å². The van der Waals surface area contributed by atoms with Gasteiger partial charge in [0.2, 0.25) is 17.7 Å². The Morgan fingerprint density at radius 2 is 1.38 bits per heavy atom. The molecule has 2 aliphatic heterocycles. The van der Waals surface area contributed by atoms with E-state index >= 15 is 0 Å². The number of guanidine groups is 1. The molecule has 0 bridgehead atoms. The minimum absolute atomic E-state index is 0.0285. The summed E-state index contributed by atoms with van der Waals surface area (Å²) < 4.78 is 33.0. The summed E-state index contributed by atoms with van der Waals surface area (Å²) in [7, 11) is -3.85. The number of carboxylic acid groups (broad SMARTS) is 1. The van der Waals surface area contributed by atoms with E-state index in [1.807, 2.05) is 29.2 Å². The minimum Gasteiger partial charge on any atom is -0.497 e. The van der Waals surface area contributed by atoms with Gasteiger partial charge >= 0.3 is 18.0 Å². The first-order chi connectivity index (χ1) is 37.7. The van der Waals surface area contributed by atoms with Crippen LogP contribution in [0, 0.1) is 11.8 Å². The Bertz CT molecular complexity index is 2350. The second kappa shape index (κ2) is 29.9. The lowest BCUT2D eigenvalue weighted by atomic mass is 9.98. The molecule has 0 spiro atoms. The topological polar surface area (TPSA) is 340 Å². The van der Waals surface area contributed by atoms with Crippen LogP contribution in [0.5, 0.6) is 5.75 Å². The number of nitrogens with zero attached hydrogens (tertiary/aromatic N) is 3. The number of aliphatic carboxylic acids is 1. The molecular formula is C56H100N10O14Si2. The van der Waals surface area contributed by atoms with Crippen molar-refractivity contribution in [1.29, 1.82) is 0 Å². The summed E-state index contributed by atoms with van der Waals surface area (Å²) in [6.07, 6.45) is -3.44. The molecule has 12 N–H and O–H groups in total. The number of rotatable bonds is 29. The van der Waals surface area contributed by atoms with Crippen molar-refractivity contribution in [3.63, 3.8) is 0 Å². The molecule has 2 aliphatic rings. The first-order valence-electron chi connectivity index (χ1n) is 28.3. The summed E-state index contributed by atoms with van der Waals surface area (Å²) in [6.45, 7) is 33.2. The molecule has 466 valence electrons. The number of methoxy groups -OCH3 is 1. The SMILES string of the molecule is COc1ccc(CN2CN(C3OC(C(O)C(NCCCNC(=O)C(NC(=O)C(CCCN=C(N)N)NC(=O)NC(C(=O)O)C(C)C)C(O)C(C)C)C(=O)OC(C)(C)C)C(O[Si](C)(C)C(C)(C)C)C3O[Si](C)(C)C(C)(C)C)C=CC2=O)cc1. The number of urea groups is 1. The molecule has 10 atom stereocenters. The van der Waals surface area contributed by atoms with Crippen molar-refractivity contribution >= 4 is 58.3 Å². The van der Waals surface area contributed by atoms with E-state index in [1.165, 1.54) is 6.08 Å². The predicted molar refractivity (Wildman–Crippen MR) is 318 cm³/mol. The minimum atomic E-state index is -2.75. The van der Waals surface area contributed by atoms with Crippen LogP contribution in [0.15, 0.2) is 41.5 Å². The third kappa shape index (κ3) is 20.8. The number of aliphatic imine (C=N–C) groups is 1. The van der Waals surface area contributed by atoms with Crippen molar-refractivity contribution in [2.75, 3.05) is 33.4 Å². The van der Waals surface area contributed by atoms with Gasteiger partial charge in [0.1, 0.15) is 59.9 Å². The summed E-state index contributed by atoms with van der Waals surface area (Å²) >= 11 is 0. The molecule has 24 nitrogen and oxygen atoms in total. The third-order valence-electron chi connectivity index (χ3n) is 15.4. The lowest BCUT2D eigenvalue weighted by Crippen LogP contribution is -2.60. The standard InChI is InChI=1S/C56H100N10O14Si2/c1-33(2)39(50(72)73)64-53(75)62-37(21-19-27-61-52(57)58)47(70)63-40(42(68)34(3)4)48(71)60-29-20-28-59-41(51(74)78-54(5,6)7)43(69)44-45(79-81(15,16)55(8,9)10)46(80-82(17,18)56(11,12)13)49(77-44)65-30-26-38(67)66(32-65)31-35-22-24-36(76-14)25-23-35/h22-26,30,33-34,37,39-46,49,59,68-69H,19-21,27-29,31-32H2,1-18H3,(H,60,71)(H,63,70)(H,72,73)(H4,57,58,61)(H2,62,64,75). The Labute approximate surface area is 488 Å². The first-order valence-corrected chi connectivity index (χ1v) is 34.2. The van der Waals surface area contributed by atoms with Crippen LogP contribution in [0.1, 0.15) is 115 Å². The molecule has 10 unspecified atom stereocenters. The maximum absolute atomic E-state index is 14.4. The zero-order valence-electron chi connectivity index (χ0n) is 51.9. The van der Waals surface area contributed by atoms with Crippen LogP contribution in [-0.4, -0.2) is 183 Å². The summed E-state index contributed by atoms with van der Waals surface area (Å²) in [5, 5.41) is 46.6. The molecule has 2 heterocycles. The zero-order chi connectivity index (χ0) is 62.5. The number of nitrogens with two attached hydrogens (primary N) is 2. The molecule has 1 aromatic carbocycles. The highest BCUT2D eigenvalue weighted by molar-refractivity contribution is 6.74. The number of carbonyl (C=O) groups excluding carboxylic acids is 5. The van der Waals surface area contributed by atoms with E-state index in [-0.39, 0.29) is 74.1 Å². The van der Waals surface area contributed by atoms with Crippen molar-refractivity contribution in [1.82, 2.24) is 36.4 Å². The predicted octanol–water partition coefficient (Wildman–Crippen LogP) is 3.82. The quantitative estimate of drug-likeness (QED) is 0.0179. The van der Waals surface area contributed by atoms with Crippen molar-refractivity contribution in [2.24, 2.45) is 28.3 Å². The van der Waals surface area contributed by atoms with E-state index < -0.39 is 125 Å². The number of ether oxygens (including phenoxy) is 3. The Morgan fingerprint density at radius 3 is 1.89 bits per heavy atom. The first kappa shape index (κ1) is 70.9. The Morgan fingerprint density at radius 1 is 0.793 bits per heavy atom. The summed E-state index contributed by atoms with van der Waals surface area (Å²) in [5.41, 5.74) is 10.8. The van der Waals surface area contributed by atoms with E-state index in [0.717, 1.165) is 5.56 Å². The number of nitrogens with one attached hydrogen (secondary N) is 5. The molecule has 1 fully saturated rings.